The minimum Gasteiger partial charge on any atom is -0.448 e. The number of hydrogen-bond acceptors (Lipinski definition) is 7. The van der Waals surface area contributed by atoms with E-state index in [4.69, 9.17) is 4.42 Å². The van der Waals surface area contributed by atoms with Gasteiger partial charge in [0.1, 0.15) is 10.8 Å². The molecule has 2 N–H and O–H groups in total. The van der Waals surface area contributed by atoms with Crippen LogP contribution in [-0.2, 0) is 12.8 Å². The van der Waals surface area contributed by atoms with Crippen molar-refractivity contribution in [2.45, 2.75) is 49.8 Å². The smallest absolute Gasteiger partial charge is 0.259 e. The van der Waals surface area contributed by atoms with Gasteiger partial charge >= 0.3 is 0 Å². The van der Waals surface area contributed by atoms with E-state index in [9.17, 15) is 9.59 Å². The quantitative estimate of drug-likeness (QED) is 0.245. The fraction of sp³-hybridized carbons (Fsp3) is 0.231. The van der Waals surface area contributed by atoms with Crippen LogP contribution in [0.1, 0.15) is 50.7 Å². The number of rotatable bonds is 6. The number of hydrogen-bond donors (Lipinski definition) is 2. The maximum atomic E-state index is 13.3. The van der Waals surface area contributed by atoms with Crippen LogP contribution < -0.4 is 10.9 Å². The molecule has 3 aromatic heterocycles. The van der Waals surface area contributed by atoms with E-state index in [2.05, 4.69) is 20.3 Å². The molecule has 5 rings (SSSR count). The SMILES string of the molecule is Cc1ccc(NC(=O)c2c(N=Cc3ccc(Sc4nc(C)cc(=O)[nH]4)o3)sc3c2CCCC3)cc1. The summed E-state index contributed by atoms with van der Waals surface area (Å²) in [6.45, 7) is 3.79. The Hall–Kier alpha value is -3.43. The van der Waals surface area contributed by atoms with Crippen LogP contribution in [-0.4, -0.2) is 22.1 Å². The first-order valence-electron chi connectivity index (χ1n) is 11.4. The van der Waals surface area contributed by atoms with E-state index in [0.29, 0.717) is 32.3 Å². The van der Waals surface area contributed by atoms with Crippen LogP contribution in [0.4, 0.5) is 10.7 Å². The van der Waals surface area contributed by atoms with Crippen LogP contribution in [0.5, 0.6) is 0 Å². The number of anilines is 1. The van der Waals surface area contributed by atoms with Gasteiger partial charge in [-0.3, -0.25) is 9.59 Å². The Bertz CT molecular complexity index is 1460. The molecule has 0 atom stereocenters. The number of carbonyl (C=O) groups excluding carboxylic acids is 1. The molecule has 0 radical (unpaired) electrons. The molecule has 0 saturated carbocycles. The number of aromatic nitrogens is 2. The highest BCUT2D eigenvalue weighted by molar-refractivity contribution is 7.99. The van der Waals surface area contributed by atoms with Gasteiger partial charge in [0.25, 0.3) is 11.5 Å². The average Bonchev–Trinajstić information content (AvgIpc) is 3.42. The van der Waals surface area contributed by atoms with E-state index in [1.807, 2.05) is 31.2 Å². The summed E-state index contributed by atoms with van der Waals surface area (Å²) in [5.41, 5.74) is 4.12. The lowest BCUT2D eigenvalue weighted by atomic mass is 9.95. The van der Waals surface area contributed by atoms with Crippen molar-refractivity contribution >= 4 is 45.9 Å². The summed E-state index contributed by atoms with van der Waals surface area (Å²) in [6.07, 6.45) is 5.70. The molecule has 178 valence electrons. The van der Waals surface area contributed by atoms with Crippen molar-refractivity contribution in [3.63, 3.8) is 0 Å². The second kappa shape index (κ2) is 10.1. The van der Waals surface area contributed by atoms with E-state index in [0.717, 1.165) is 42.5 Å². The van der Waals surface area contributed by atoms with Crippen LogP contribution in [0, 0.1) is 13.8 Å². The van der Waals surface area contributed by atoms with Gasteiger partial charge in [0.05, 0.1) is 11.8 Å². The molecule has 1 amide bonds. The molecule has 4 aromatic rings. The van der Waals surface area contributed by atoms with Gasteiger partial charge in [-0.15, -0.1) is 11.3 Å². The molecule has 1 aliphatic carbocycles. The van der Waals surface area contributed by atoms with Crippen molar-refractivity contribution in [3.8, 4) is 0 Å². The molecule has 0 spiro atoms. The Morgan fingerprint density at radius 2 is 1.97 bits per heavy atom. The van der Waals surface area contributed by atoms with Gasteiger partial charge in [0, 0.05) is 22.3 Å². The number of benzene rings is 1. The first-order chi connectivity index (χ1) is 16.9. The third kappa shape index (κ3) is 5.47. The van der Waals surface area contributed by atoms with E-state index >= 15 is 0 Å². The summed E-state index contributed by atoms with van der Waals surface area (Å²) >= 11 is 2.81. The van der Waals surface area contributed by atoms with Gasteiger partial charge < -0.3 is 14.7 Å². The zero-order valence-corrected chi connectivity index (χ0v) is 21.0. The van der Waals surface area contributed by atoms with Crippen LogP contribution in [0.3, 0.4) is 0 Å². The molecule has 1 aromatic carbocycles. The lowest BCUT2D eigenvalue weighted by Gasteiger charge is -2.13. The highest BCUT2D eigenvalue weighted by atomic mass is 32.2. The van der Waals surface area contributed by atoms with Gasteiger partial charge in [-0.2, -0.15) is 0 Å². The van der Waals surface area contributed by atoms with E-state index < -0.39 is 0 Å². The number of H-pyrrole nitrogens is 1. The zero-order valence-electron chi connectivity index (χ0n) is 19.4. The van der Waals surface area contributed by atoms with Crippen molar-refractivity contribution in [1.82, 2.24) is 9.97 Å². The monoisotopic (exact) mass is 504 g/mol. The fourth-order valence-electron chi connectivity index (χ4n) is 3.98. The highest BCUT2D eigenvalue weighted by Crippen LogP contribution is 2.40. The molecular formula is C26H24N4O3S2. The van der Waals surface area contributed by atoms with Gasteiger partial charge in [-0.05, 0) is 81.1 Å². The van der Waals surface area contributed by atoms with Crippen molar-refractivity contribution < 1.29 is 9.21 Å². The Morgan fingerprint density at radius 3 is 2.77 bits per heavy atom. The third-order valence-electron chi connectivity index (χ3n) is 5.65. The number of furan rings is 1. The highest BCUT2D eigenvalue weighted by Gasteiger charge is 2.25. The Kier molecular flexibility index (Phi) is 6.70. The topological polar surface area (TPSA) is 100 Å². The maximum Gasteiger partial charge on any atom is 0.259 e. The predicted octanol–water partition coefficient (Wildman–Crippen LogP) is 6.07. The van der Waals surface area contributed by atoms with Gasteiger partial charge in [-0.1, -0.05) is 17.7 Å². The molecule has 35 heavy (non-hydrogen) atoms. The number of carbonyl (C=O) groups is 1. The lowest BCUT2D eigenvalue weighted by Crippen LogP contribution is -2.14. The van der Waals surface area contributed by atoms with Crippen LogP contribution >= 0.6 is 23.1 Å². The number of nitrogens with zero attached hydrogens (tertiary/aromatic N) is 2. The van der Waals surface area contributed by atoms with Crippen LogP contribution in [0.15, 0.2) is 66.9 Å². The first-order valence-corrected chi connectivity index (χ1v) is 13.0. The minimum atomic E-state index is -0.202. The number of aromatic amines is 1. The molecule has 0 bridgehead atoms. The zero-order chi connectivity index (χ0) is 24.4. The molecule has 7 nitrogen and oxygen atoms in total. The summed E-state index contributed by atoms with van der Waals surface area (Å²) in [5, 5.41) is 4.78. The fourth-order valence-corrected chi connectivity index (χ4v) is 6.02. The van der Waals surface area contributed by atoms with Gasteiger partial charge in [0.15, 0.2) is 10.2 Å². The van der Waals surface area contributed by atoms with Crippen LogP contribution in [0.2, 0.25) is 0 Å². The molecule has 0 aliphatic heterocycles. The van der Waals surface area contributed by atoms with Crippen molar-refractivity contribution in [3.05, 3.63) is 85.8 Å². The maximum absolute atomic E-state index is 13.3. The largest absolute Gasteiger partial charge is 0.448 e. The molecule has 0 saturated heterocycles. The second-order valence-corrected chi connectivity index (χ2v) is 10.5. The molecule has 0 unspecified atom stereocenters. The molecule has 9 heteroatoms. The molecule has 0 fully saturated rings. The van der Waals surface area contributed by atoms with Crippen molar-refractivity contribution in [2.24, 2.45) is 4.99 Å². The number of thiophene rings is 1. The van der Waals surface area contributed by atoms with E-state index in [-0.39, 0.29) is 11.5 Å². The summed E-state index contributed by atoms with van der Waals surface area (Å²) in [5.74, 6) is 0.421. The van der Waals surface area contributed by atoms with Gasteiger partial charge in [-0.25, -0.2) is 9.98 Å². The Balaban J connectivity index is 1.38. The Labute approximate surface area is 210 Å². The summed E-state index contributed by atoms with van der Waals surface area (Å²) in [7, 11) is 0. The number of nitrogens with one attached hydrogen (secondary N) is 2. The number of aliphatic imine (C=N–C) groups is 1. The predicted molar refractivity (Wildman–Crippen MR) is 140 cm³/mol. The van der Waals surface area contributed by atoms with Crippen molar-refractivity contribution in [1.29, 1.82) is 0 Å². The summed E-state index contributed by atoms with van der Waals surface area (Å²) < 4.78 is 5.85. The summed E-state index contributed by atoms with van der Waals surface area (Å²) in [4.78, 5) is 37.9. The van der Waals surface area contributed by atoms with Crippen LogP contribution in [0.25, 0.3) is 0 Å². The third-order valence-corrected chi connectivity index (χ3v) is 7.65. The first kappa shape index (κ1) is 23.3. The molecule has 3 heterocycles. The molecular weight excluding hydrogens is 480 g/mol. The standard InChI is InChI=1S/C26H24N4O3S2/c1-15-7-9-17(10-8-15)29-24(32)23-19-5-3-4-6-20(19)34-25(23)27-14-18-11-12-22(33-18)35-26-28-16(2)13-21(31)30-26/h7-14H,3-6H2,1-2H3,(H,29,32)(H,28,30,31). The summed E-state index contributed by atoms with van der Waals surface area (Å²) in [6, 6.07) is 12.8. The minimum absolute atomic E-state index is 0.134. The van der Waals surface area contributed by atoms with E-state index in [1.165, 1.54) is 22.7 Å². The Morgan fingerprint density at radius 1 is 1.17 bits per heavy atom. The van der Waals surface area contributed by atoms with E-state index in [1.54, 1.807) is 36.6 Å². The number of amides is 1. The second-order valence-electron chi connectivity index (χ2n) is 8.42. The average molecular weight is 505 g/mol. The van der Waals surface area contributed by atoms with Gasteiger partial charge in [0.2, 0.25) is 0 Å². The molecule has 1 aliphatic rings. The normalized spacial score (nSPS) is 13.2. The number of aryl methyl sites for hydroxylation is 3. The lowest BCUT2D eigenvalue weighted by molar-refractivity contribution is 0.102. The van der Waals surface area contributed by atoms with Crippen molar-refractivity contribution in [2.75, 3.05) is 5.32 Å². The number of fused-ring (bicyclic) bond motifs is 1.